The molecule has 0 heterocycles. The number of rotatable bonds is 6. The molecule has 194 valence electrons. The fourth-order valence-corrected chi connectivity index (χ4v) is 4.99. The molecule has 4 aromatic rings. The van der Waals surface area contributed by atoms with Crippen molar-refractivity contribution in [2.24, 2.45) is 10.3 Å². The Morgan fingerprint density at radius 1 is 0.564 bits per heavy atom. The monoisotopic (exact) mass is 516 g/mol. The second kappa shape index (κ2) is 10.5. The first kappa shape index (κ1) is 25.8. The van der Waals surface area contributed by atoms with Gasteiger partial charge in [0.2, 0.25) is 0 Å². The standard InChI is InChI=1S/C33H28N2O4/c1-21(36)38-34-31(23-11-7-5-8-12-23)25-15-17-27-28-18-16-26(20-30(28)33(3,4)29(27)19-25)32(35-39-22(2)37)24-13-9-6-10-14-24/h5-20H,1-4H3/b34-31+,35-32+. The van der Waals surface area contributed by atoms with Crippen molar-refractivity contribution in [3.05, 3.63) is 130 Å². The lowest BCUT2D eigenvalue weighted by Gasteiger charge is -2.23. The lowest BCUT2D eigenvalue weighted by Crippen LogP contribution is -2.17. The van der Waals surface area contributed by atoms with Crippen molar-refractivity contribution in [2.45, 2.75) is 33.1 Å². The number of carbonyl (C=O) groups excluding carboxylic acids is 2. The quantitative estimate of drug-likeness (QED) is 0.164. The summed E-state index contributed by atoms with van der Waals surface area (Å²) in [6, 6.07) is 31.8. The van der Waals surface area contributed by atoms with Crippen LogP contribution < -0.4 is 0 Å². The molecule has 0 aromatic heterocycles. The zero-order valence-corrected chi connectivity index (χ0v) is 22.3. The largest absolute Gasteiger partial charge is 0.332 e. The molecular formula is C33H28N2O4. The van der Waals surface area contributed by atoms with E-state index in [1.165, 1.54) is 13.8 Å². The second-order valence-electron chi connectivity index (χ2n) is 9.92. The predicted molar refractivity (Wildman–Crippen MR) is 152 cm³/mol. The first-order chi connectivity index (χ1) is 18.8. The molecule has 0 saturated carbocycles. The van der Waals surface area contributed by atoms with Crippen molar-refractivity contribution < 1.29 is 19.3 Å². The summed E-state index contributed by atoms with van der Waals surface area (Å²) in [7, 11) is 0. The molecule has 0 saturated heterocycles. The van der Waals surface area contributed by atoms with Gasteiger partial charge in [-0.3, -0.25) is 0 Å². The third-order valence-electron chi connectivity index (χ3n) is 6.85. The molecule has 0 radical (unpaired) electrons. The van der Waals surface area contributed by atoms with E-state index in [2.05, 4.69) is 48.4 Å². The highest BCUT2D eigenvalue weighted by Crippen LogP contribution is 2.49. The Balaban J connectivity index is 1.60. The number of hydrogen-bond donors (Lipinski definition) is 0. The van der Waals surface area contributed by atoms with E-state index < -0.39 is 11.9 Å². The molecule has 0 bridgehead atoms. The Morgan fingerprint density at radius 2 is 0.949 bits per heavy atom. The molecule has 6 heteroatoms. The Hall–Kier alpha value is -4.84. The fraction of sp³-hybridized carbons (Fsp3) is 0.152. The van der Waals surface area contributed by atoms with Crippen LogP contribution in [0, 0.1) is 0 Å². The summed E-state index contributed by atoms with van der Waals surface area (Å²) in [5.41, 5.74) is 8.75. The summed E-state index contributed by atoms with van der Waals surface area (Å²) in [6.07, 6.45) is 0. The number of hydrogen-bond acceptors (Lipinski definition) is 6. The number of nitrogens with zero attached hydrogens (tertiary/aromatic N) is 2. The second-order valence-corrected chi connectivity index (χ2v) is 9.92. The molecule has 0 fully saturated rings. The average molecular weight is 517 g/mol. The number of benzene rings is 4. The molecular weight excluding hydrogens is 488 g/mol. The highest BCUT2D eigenvalue weighted by molar-refractivity contribution is 6.14. The van der Waals surface area contributed by atoms with Gasteiger partial charge < -0.3 is 9.68 Å². The van der Waals surface area contributed by atoms with E-state index in [-0.39, 0.29) is 5.41 Å². The van der Waals surface area contributed by atoms with Crippen molar-refractivity contribution in [1.82, 2.24) is 0 Å². The van der Waals surface area contributed by atoms with Crippen LogP contribution in [0.15, 0.2) is 107 Å². The van der Waals surface area contributed by atoms with Gasteiger partial charge in [0.1, 0.15) is 11.4 Å². The first-order valence-corrected chi connectivity index (χ1v) is 12.7. The topological polar surface area (TPSA) is 77.3 Å². The highest BCUT2D eigenvalue weighted by Gasteiger charge is 2.36. The molecule has 5 rings (SSSR count). The number of carbonyl (C=O) groups is 2. The van der Waals surface area contributed by atoms with E-state index in [0.717, 1.165) is 44.5 Å². The SMILES string of the molecule is CC(=O)O/N=C(\c1ccccc1)c1ccc2c(c1)C(C)(C)c1cc(/C(=N/OC(C)=O)c3ccccc3)ccc1-2. The predicted octanol–water partition coefficient (Wildman–Crippen LogP) is 6.62. The molecule has 0 unspecified atom stereocenters. The van der Waals surface area contributed by atoms with Gasteiger partial charge >= 0.3 is 11.9 Å². The van der Waals surface area contributed by atoms with Crippen molar-refractivity contribution in [2.75, 3.05) is 0 Å². The third kappa shape index (κ3) is 5.14. The molecule has 0 amide bonds. The van der Waals surface area contributed by atoms with Gasteiger partial charge in [-0.25, -0.2) is 9.59 Å². The van der Waals surface area contributed by atoms with Gasteiger partial charge in [0.15, 0.2) is 0 Å². The Kier molecular flexibility index (Phi) is 6.94. The Morgan fingerprint density at radius 3 is 1.31 bits per heavy atom. The van der Waals surface area contributed by atoms with Crippen LogP contribution in [0.1, 0.15) is 61.1 Å². The first-order valence-electron chi connectivity index (χ1n) is 12.7. The minimum atomic E-state index is -0.477. The molecule has 0 spiro atoms. The fourth-order valence-electron chi connectivity index (χ4n) is 4.99. The molecule has 0 aliphatic heterocycles. The zero-order chi connectivity index (χ0) is 27.6. The van der Waals surface area contributed by atoms with Gasteiger partial charge in [-0.2, -0.15) is 0 Å². The van der Waals surface area contributed by atoms with E-state index in [1.807, 2.05) is 72.8 Å². The van der Waals surface area contributed by atoms with Crippen LogP contribution >= 0.6 is 0 Å². The smallest absolute Gasteiger partial charge is 0.318 e. The van der Waals surface area contributed by atoms with Gasteiger partial charge in [-0.05, 0) is 34.4 Å². The minimum Gasteiger partial charge on any atom is -0.318 e. The lowest BCUT2D eigenvalue weighted by atomic mass is 9.80. The lowest BCUT2D eigenvalue weighted by molar-refractivity contribution is -0.141. The van der Waals surface area contributed by atoms with Crippen LogP contribution in [0.25, 0.3) is 11.1 Å². The van der Waals surface area contributed by atoms with Gasteiger partial charge in [0.05, 0.1) is 0 Å². The Bertz CT molecular complexity index is 1500. The van der Waals surface area contributed by atoms with E-state index in [1.54, 1.807) is 0 Å². The van der Waals surface area contributed by atoms with E-state index in [0.29, 0.717) is 11.4 Å². The van der Waals surface area contributed by atoms with Gasteiger partial charge in [0.25, 0.3) is 0 Å². The maximum Gasteiger partial charge on any atom is 0.332 e. The summed E-state index contributed by atoms with van der Waals surface area (Å²) in [4.78, 5) is 33.3. The zero-order valence-electron chi connectivity index (χ0n) is 22.3. The van der Waals surface area contributed by atoms with Gasteiger partial charge in [-0.1, -0.05) is 109 Å². The van der Waals surface area contributed by atoms with Gasteiger partial charge in [0, 0.05) is 41.5 Å². The van der Waals surface area contributed by atoms with E-state index >= 15 is 0 Å². The van der Waals surface area contributed by atoms with Crippen molar-refractivity contribution in [3.63, 3.8) is 0 Å². The highest BCUT2D eigenvalue weighted by atomic mass is 16.7. The van der Waals surface area contributed by atoms with Crippen LogP contribution in [0.5, 0.6) is 0 Å². The molecule has 1 aliphatic rings. The van der Waals surface area contributed by atoms with Crippen molar-refractivity contribution in [3.8, 4) is 11.1 Å². The molecule has 0 atom stereocenters. The number of fused-ring (bicyclic) bond motifs is 3. The van der Waals surface area contributed by atoms with Crippen LogP contribution in [-0.2, 0) is 24.7 Å². The average Bonchev–Trinajstić information content (AvgIpc) is 3.16. The van der Waals surface area contributed by atoms with Crippen LogP contribution in [-0.4, -0.2) is 23.4 Å². The summed E-state index contributed by atoms with van der Waals surface area (Å²) >= 11 is 0. The summed E-state index contributed by atoms with van der Waals surface area (Å²) in [5, 5.41) is 8.40. The summed E-state index contributed by atoms with van der Waals surface area (Å²) in [5.74, 6) is -0.955. The van der Waals surface area contributed by atoms with E-state index in [4.69, 9.17) is 9.68 Å². The molecule has 0 N–H and O–H groups in total. The summed E-state index contributed by atoms with van der Waals surface area (Å²) < 4.78 is 0. The number of oxime groups is 2. The maximum absolute atomic E-state index is 11.6. The van der Waals surface area contributed by atoms with Crippen LogP contribution in [0.3, 0.4) is 0 Å². The molecule has 39 heavy (non-hydrogen) atoms. The molecule has 4 aromatic carbocycles. The minimum absolute atomic E-state index is 0.344. The van der Waals surface area contributed by atoms with Gasteiger partial charge in [-0.15, -0.1) is 0 Å². The van der Waals surface area contributed by atoms with Crippen molar-refractivity contribution >= 4 is 23.4 Å². The van der Waals surface area contributed by atoms with E-state index in [9.17, 15) is 9.59 Å². The Labute approximate surface area is 227 Å². The molecule has 1 aliphatic carbocycles. The third-order valence-corrected chi connectivity index (χ3v) is 6.85. The van der Waals surface area contributed by atoms with Crippen molar-refractivity contribution in [1.29, 1.82) is 0 Å². The molecule has 6 nitrogen and oxygen atoms in total. The van der Waals surface area contributed by atoms with Crippen LogP contribution in [0.2, 0.25) is 0 Å². The summed E-state index contributed by atoms with van der Waals surface area (Å²) in [6.45, 7) is 7.03. The normalized spacial score (nSPS) is 13.8. The van der Waals surface area contributed by atoms with Crippen LogP contribution in [0.4, 0.5) is 0 Å². The maximum atomic E-state index is 11.6.